The van der Waals surface area contributed by atoms with Crippen molar-refractivity contribution < 1.29 is 4.39 Å². The molecule has 3 aromatic heterocycles. The number of imidazole rings is 1. The third kappa shape index (κ3) is 2.27. The van der Waals surface area contributed by atoms with Crippen molar-refractivity contribution in [1.82, 2.24) is 19.2 Å². The maximum Gasteiger partial charge on any atom is 0.141 e. The molecule has 5 rings (SSSR count). The second-order valence-corrected chi connectivity index (χ2v) is 6.64. The standard InChI is InChI=1S/C19H14ClFN4/c20-14-10-12(3-5-15(14)21)19-18(16-2-1-8-25(16)23-19)13-4-6-17-22-7-9-24(17)11-13/h3-7,9-11H,1-2,8H2. The fraction of sp³-hybridized carbons (Fsp3) is 0.158. The van der Waals surface area contributed by atoms with Crippen LogP contribution in [0.4, 0.5) is 4.39 Å². The van der Waals surface area contributed by atoms with Gasteiger partial charge in [-0.2, -0.15) is 5.10 Å². The molecule has 25 heavy (non-hydrogen) atoms. The second-order valence-electron chi connectivity index (χ2n) is 6.24. The van der Waals surface area contributed by atoms with Gasteiger partial charge in [0.15, 0.2) is 0 Å². The van der Waals surface area contributed by atoms with Gasteiger partial charge in [-0.15, -0.1) is 0 Å². The van der Waals surface area contributed by atoms with Crippen LogP contribution in [-0.4, -0.2) is 19.2 Å². The van der Waals surface area contributed by atoms with Crippen LogP contribution < -0.4 is 0 Å². The van der Waals surface area contributed by atoms with Crippen LogP contribution >= 0.6 is 11.6 Å². The summed E-state index contributed by atoms with van der Waals surface area (Å²) >= 11 is 6.00. The molecule has 0 bridgehead atoms. The summed E-state index contributed by atoms with van der Waals surface area (Å²) in [6, 6.07) is 8.83. The van der Waals surface area contributed by atoms with Crippen LogP contribution in [-0.2, 0) is 13.0 Å². The third-order valence-electron chi connectivity index (χ3n) is 4.71. The summed E-state index contributed by atoms with van der Waals surface area (Å²) < 4.78 is 17.6. The van der Waals surface area contributed by atoms with Gasteiger partial charge in [-0.1, -0.05) is 11.6 Å². The van der Waals surface area contributed by atoms with Crippen molar-refractivity contribution in [3.63, 3.8) is 0 Å². The molecule has 0 spiro atoms. The lowest BCUT2D eigenvalue weighted by molar-refractivity contribution is 0.628. The van der Waals surface area contributed by atoms with E-state index in [1.807, 2.05) is 16.7 Å². The first-order valence-electron chi connectivity index (χ1n) is 8.19. The van der Waals surface area contributed by atoms with E-state index in [1.54, 1.807) is 18.3 Å². The lowest BCUT2D eigenvalue weighted by Crippen LogP contribution is -1.94. The molecule has 1 aliphatic rings. The molecule has 1 aliphatic heterocycles. The molecule has 0 saturated carbocycles. The monoisotopic (exact) mass is 352 g/mol. The Hall–Kier alpha value is -2.66. The molecule has 1 aromatic carbocycles. The highest BCUT2D eigenvalue weighted by atomic mass is 35.5. The lowest BCUT2D eigenvalue weighted by Gasteiger charge is -2.07. The number of pyridine rings is 1. The topological polar surface area (TPSA) is 35.1 Å². The Morgan fingerprint density at radius 1 is 1.12 bits per heavy atom. The predicted molar refractivity (Wildman–Crippen MR) is 95.1 cm³/mol. The zero-order valence-electron chi connectivity index (χ0n) is 13.3. The minimum Gasteiger partial charge on any atom is -0.306 e. The van der Waals surface area contributed by atoms with Gasteiger partial charge in [0.1, 0.15) is 17.2 Å². The van der Waals surface area contributed by atoms with E-state index in [1.165, 1.54) is 11.8 Å². The number of fused-ring (bicyclic) bond motifs is 2. The van der Waals surface area contributed by atoms with Crippen molar-refractivity contribution in [1.29, 1.82) is 0 Å². The Labute approximate surface area is 148 Å². The summed E-state index contributed by atoms with van der Waals surface area (Å²) in [6.45, 7) is 0.907. The molecule has 4 aromatic rings. The van der Waals surface area contributed by atoms with Gasteiger partial charge in [0, 0.05) is 47.5 Å². The van der Waals surface area contributed by atoms with Crippen molar-refractivity contribution in [2.75, 3.05) is 0 Å². The van der Waals surface area contributed by atoms with Gasteiger partial charge in [-0.05, 0) is 43.2 Å². The van der Waals surface area contributed by atoms with Crippen LogP contribution in [0.15, 0.2) is 48.9 Å². The van der Waals surface area contributed by atoms with E-state index >= 15 is 0 Å². The number of hydrogen-bond acceptors (Lipinski definition) is 2. The number of aromatic nitrogens is 4. The number of benzene rings is 1. The molecule has 0 N–H and O–H groups in total. The molecule has 6 heteroatoms. The minimum absolute atomic E-state index is 0.113. The summed E-state index contributed by atoms with van der Waals surface area (Å²) in [6.07, 6.45) is 7.85. The van der Waals surface area contributed by atoms with E-state index in [-0.39, 0.29) is 5.02 Å². The fourth-order valence-corrected chi connectivity index (χ4v) is 3.73. The van der Waals surface area contributed by atoms with Crippen LogP contribution in [0, 0.1) is 5.82 Å². The zero-order valence-corrected chi connectivity index (χ0v) is 14.0. The molecule has 0 unspecified atom stereocenters. The summed E-state index contributed by atoms with van der Waals surface area (Å²) in [7, 11) is 0. The zero-order chi connectivity index (χ0) is 17.0. The lowest BCUT2D eigenvalue weighted by atomic mass is 9.99. The van der Waals surface area contributed by atoms with E-state index < -0.39 is 5.82 Å². The minimum atomic E-state index is -0.418. The highest BCUT2D eigenvalue weighted by Crippen LogP contribution is 2.38. The van der Waals surface area contributed by atoms with Crippen molar-refractivity contribution in [3.8, 4) is 22.4 Å². The molecule has 0 radical (unpaired) electrons. The van der Waals surface area contributed by atoms with E-state index in [2.05, 4.69) is 21.9 Å². The van der Waals surface area contributed by atoms with Gasteiger partial charge in [0.25, 0.3) is 0 Å². The van der Waals surface area contributed by atoms with Crippen molar-refractivity contribution in [2.45, 2.75) is 19.4 Å². The van der Waals surface area contributed by atoms with Crippen molar-refractivity contribution >= 4 is 17.2 Å². The number of rotatable bonds is 2. The van der Waals surface area contributed by atoms with Crippen LogP contribution in [0.2, 0.25) is 5.02 Å². The van der Waals surface area contributed by atoms with E-state index in [0.29, 0.717) is 0 Å². The Morgan fingerprint density at radius 3 is 2.88 bits per heavy atom. The molecular weight excluding hydrogens is 339 g/mol. The van der Waals surface area contributed by atoms with Gasteiger partial charge in [-0.3, -0.25) is 4.68 Å². The van der Waals surface area contributed by atoms with Gasteiger partial charge in [0.05, 0.1) is 5.02 Å². The smallest absolute Gasteiger partial charge is 0.141 e. The van der Waals surface area contributed by atoms with E-state index in [0.717, 1.165) is 47.4 Å². The first-order chi connectivity index (χ1) is 12.2. The molecule has 0 fully saturated rings. The van der Waals surface area contributed by atoms with Gasteiger partial charge >= 0.3 is 0 Å². The molecule has 0 aliphatic carbocycles. The first kappa shape index (κ1) is 14.7. The predicted octanol–water partition coefficient (Wildman–Crippen LogP) is 4.60. The molecular formula is C19H14ClFN4. The quantitative estimate of drug-likeness (QED) is 0.528. The Morgan fingerprint density at radius 2 is 2.00 bits per heavy atom. The molecule has 0 atom stereocenters. The fourth-order valence-electron chi connectivity index (χ4n) is 3.55. The third-order valence-corrected chi connectivity index (χ3v) is 5.00. The summed E-state index contributed by atoms with van der Waals surface area (Å²) in [5, 5.41) is 4.90. The number of halogens is 2. The van der Waals surface area contributed by atoms with E-state index in [4.69, 9.17) is 16.7 Å². The Balaban J connectivity index is 1.76. The second kappa shape index (κ2) is 5.43. The highest BCUT2D eigenvalue weighted by molar-refractivity contribution is 6.31. The Kier molecular flexibility index (Phi) is 3.18. The Bertz CT molecular complexity index is 1110. The molecule has 0 amide bonds. The van der Waals surface area contributed by atoms with Gasteiger partial charge in [0.2, 0.25) is 0 Å². The largest absolute Gasteiger partial charge is 0.306 e. The molecule has 4 nitrogen and oxygen atoms in total. The normalized spacial score (nSPS) is 13.5. The summed E-state index contributed by atoms with van der Waals surface area (Å²) in [5.74, 6) is -0.418. The first-order valence-corrected chi connectivity index (χ1v) is 8.57. The van der Waals surface area contributed by atoms with Gasteiger partial charge in [-0.25, -0.2) is 9.37 Å². The number of hydrogen-bond donors (Lipinski definition) is 0. The van der Waals surface area contributed by atoms with Crippen LogP contribution in [0.1, 0.15) is 12.1 Å². The van der Waals surface area contributed by atoms with Crippen molar-refractivity contribution in [2.24, 2.45) is 0 Å². The summed E-state index contributed by atoms with van der Waals surface area (Å²) in [4.78, 5) is 4.30. The maximum atomic E-state index is 13.6. The molecule has 4 heterocycles. The van der Waals surface area contributed by atoms with Gasteiger partial charge < -0.3 is 4.40 Å². The average molecular weight is 353 g/mol. The average Bonchev–Trinajstić information content (AvgIpc) is 3.31. The van der Waals surface area contributed by atoms with E-state index in [9.17, 15) is 4.39 Å². The number of aryl methyl sites for hydroxylation is 1. The van der Waals surface area contributed by atoms with Crippen LogP contribution in [0.5, 0.6) is 0 Å². The number of nitrogens with zero attached hydrogens (tertiary/aromatic N) is 4. The van der Waals surface area contributed by atoms with Crippen LogP contribution in [0.3, 0.4) is 0 Å². The highest BCUT2D eigenvalue weighted by Gasteiger charge is 2.24. The van der Waals surface area contributed by atoms with Crippen LogP contribution in [0.25, 0.3) is 28.0 Å². The molecule has 124 valence electrons. The summed E-state index contributed by atoms with van der Waals surface area (Å²) in [5.41, 5.74) is 5.96. The SMILES string of the molecule is Fc1ccc(-c2nn3c(c2-c2ccc4nccn4c2)CCC3)cc1Cl. The molecule has 0 saturated heterocycles. The maximum absolute atomic E-state index is 13.6. The van der Waals surface area contributed by atoms with Crippen molar-refractivity contribution in [3.05, 3.63) is 65.5 Å².